The molecule has 0 unspecified atom stereocenters. The van der Waals surface area contributed by atoms with Crippen LogP contribution in [0.3, 0.4) is 0 Å². The van der Waals surface area contributed by atoms with Crippen LogP contribution in [0.15, 0.2) is 6.33 Å². The maximum absolute atomic E-state index is 5.60. The fourth-order valence-corrected chi connectivity index (χ4v) is 1.09. The van der Waals surface area contributed by atoms with Crippen LogP contribution < -0.4 is 15.2 Å². The van der Waals surface area contributed by atoms with E-state index in [0.717, 1.165) is 0 Å². The SMILES string of the molecule is COc1c(N)ncnc1OCCOC(C)C. The molecular weight excluding hydrogens is 210 g/mol. The topological polar surface area (TPSA) is 79.5 Å². The first-order chi connectivity index (χ1) is 7.65. The number of anilines is 1. The van der Waals surface area contributed by atoms with Crippen molar-refractivity contribution in [3.8, 4) is 11.6 Å². The lowest BCUT2D eigenvalue weighted by Crippen LogP contribution is -2.12. The predicted octanol–water partition coefficient (Wildman–Crippen LogP) is 0.871. The number of rotatable bonds is 6. The van der Waals surface area contributed by atoms with E-state index in [1.165, 1.54) is 13.4 Å². The molecule has 0 spiro atoms. The molecule has 1 aromatic rings. The minimum atomic E-state index is 0.181. The molecular formula is C10H17N3O3. The molecule has 0 atom stereocenters. The highest BCUT2D eigenvalue weighted by molar-refractivity contribution is 5.51. The van der Waals surface area contributed by atoms with E-state index in [9.17, 15) is 0 Å². The Bertz CT molecular complexity index is 331. The maximum Gasteiger partial charge on any atom is 0.262 e. The van der Waals surface area contributed by atoms with Crippen molar-refractivity contribution in [3.63, 3.8) is 0 Å². The smallest absolute Gasteiger partial charge is 0.262 e. The van der Waals surface area contributed by atoms with E-state index in [4.69, 9.17) is 19.9 Å². The zero-order chi connectivity index (χ0) is 12.0. The molecule has 0 aliphatic heterocycles. The fourth-order valence-electron chi connectivity index (χ4n) is 1.09. The lowest BCUT2D eigenvalue weighted by molar-refractivity contribution is 0.0536. The standard InChI is InChI=1S/C10H17N3O3/c1-7(2)15-4-5-16-10-8(14-3)9(11)12-6-13-10/h6-7H,4-5H2,1-3H3,(H2,11,12,13). The first-order valence-corrected chi connectivity index (χ1v) is 5.04. The predicted molar refractivity (Wildman–Crippen MR) is 59.6 cm³/mol. The first kappa shape index (κ1) is 12.5. The van der Waals surface area contributed by atoms with Crippen LogP contribution in [0.1, 0.15) is 13.8 Å². The summed E-state index contributed by atoms with van der Waals surface area (Å²) in [6.07, 6.45) is 1.51. The maximum atomic E-state index is 5.60. The van der Waals surface area contributed by atoms with Crippen LogP contribution in [0.5, 0.6) is 11.6 Å². The van der Waals surface area contributed by atoms with E-state index in [1.807, 2.05) is 13.8 Å². The Kier molecular flexibility index (Phi) is 4.78. The molecule has 0 fully saturated rings. The highest BCUT2D eigenvalue weighted by atomic mass is 16.5. The molecule has 0 bridgehead atoms. The number of nitrogens with two attached hydrogens (primary N) is 1. The Balaban J connectivity index is 2.50. The summed E-state index contributed by atoms with van der Waals surface area (Å²) in [5, 5.41) is 0. The summed E-state index contributed by atoms with van der Waals surface area (Å²) in [6.45, 7) is 4.81. The molecule has 1 aromatic heterocycles. The van der Waals surface area contributed by atoms with Gasteiger partial charge in [0.1, 0.15) is 12.9 Å². The molecule has 6 nitrogen and oxygen atoms in total. The van der Waals surface area contributed by atoms with Crippen molar-refractivity contribution in [2.24, 2.45) is 0 Å². The average Bonchev–Trinajstić information content (AvgIpc) is 2.24. The number of nitrogen functional groups attached to an aromatic ring is 1. The van der Waals surface area contributed by atoms with Crippen molar-refractivity contribution in [2.75, 3.05) is 26.1 Å². The van der Waals surface area contributed by atoms with Crippen molar-refractivity contribution < 1.29 is 14.2 Å². The quantitative estimate of drug-likeness (QED) is 0.726. The third-order valence-corrected chi connectivity index (χ3v) is 1.78. The molecule has 2 N–H and O–H groups in total. The van der Waals surface area contributed by atoms with Gasteiger partial charge < -0.3 is 19.9 Å². The summed E-state index contributed by atoms with van der Waals surface area (Å²) < 4.78 is 15.7. The van der Waals surface area contributed by atoms with Crippen LogP contribution >= 0.6 is 0 Å². The Morgan fingerprint density at radius 2 is 2.06 bits per heavy atom. The van der Waals surface area contributed by atoms with Gasteiger partial charge in [0, 0.05) is 0 Å². The van der Waals surface area contributed by atoms with Crippen molar-refractivity contribution in [1.82, 2.24) is 9.97 Å². The molecule has 0 saturated carbocycles. The van der Waals surface area contributed by atoms with E-state index in [2.05, 4.69) is 9.97 Å². The van der Waals surface area contributed by atoms with E-state index in [-0.39, 0.29) is 11.9 Å². The normalized spacial score (nSPS) is 10.5. The average molecular weight is 227 g/mol. The van der Waals surface area contributed by atoms with Gasteiger partial charge in [0.2, 0.25) is 5.75 Å². The van der Waals surface area contributed by atoms with Crippen LogP contribution in [-0.4, -0.2) is 36.4 Å². The van der Waals surface area contributed by atoms with Crippen molar-refractivity contribution in [2.45, 2.75) is 20.0 Å². The number of ether oxygens (including phenoxy) is 3. The van der Waals surface area contributed by atoms with Crippen molar-refractivity contribution in [3.05, 3.63) is 6.33 Å². The second-order valence-electron chi connectivity index (χ2n) is 3.37. The zero-order valence-corrected chi connectivity index (χ0v) is 9.77. The van der Waals surface area contributed by atoms with E-state index < -0.39 is 0 Å². The van der Waals surface area contributed by atoms with Crippen LogP contribution in [-0.2, 0) is 4.74 Å². The molecule has 90 valence electrons. The van der Waals surface area contributed by atoms with Crippen molar-refractivity contribution >= 4 is 5.82 Å². The number of methoxy groups -OCH3 is 1. The summed E-state index contributed by atoms with van der Waals surface area (Å²) in [5.41, 5.74) is 5.60. The summed E-state index contributed by atoms with van der Waals surface area (Å²) >= 11 is 0. The minimum absolute atomic E-state index is 0.181. The second-order valence-corrected chi connectivity index (χ2v) is 3.37. The zero-order valence-electron chi connectivity index (χ0n) is 9.77. The van der Waals surface area contributed by atoms with E-state index >= 15 is 0 Å². The fraction of sp³-hybridized carbons (Fsp3) is 0.600. The van der Waals surface area contributed by atoms with Crippen LogP contribution in [0.2, 0.25) is 0 Å². The summed E-state index contributed by atoms with van der Waals surface area (Å²) in [7, 11) is 1.49. The number of hydrogen-bond donors (Lipinski definition) is 1. The van der Waals surface area contributed by atoms with Gasteiger partial charge in [0.05, 0.1) is 19.8 Å². The van der Waals surface area contributed by atoms with Gasteiger partial charge >= 0.3 is 0 Å². The molecule has 0 aliphatic carbocycles. The molecule has 0 aliphatic rings. The molecule has 0 saturated heterocycles. The minimum Gasteiger partial charge on any atom is -0.489 e. The molecule has 1 heterocycles. The lowest BCUT2D eigenvalue weighted by atomic mass is 10.5. The third kappa shape index (κ3) is 3.54. The van der Waals surface area contributed by atoms with E-state index in [0.29, 0.717) is 24.8 Å². The number of hydrogen-bond acceptors (Lipinski definition) is 6. The molecule has 0 aromatic carbocycles. The van der Waals surface area contributed by atoms with Crippen LogP contribution in [0.25, 0.3) is 0 Å². The van der Waals surface area contributed by atoms with Gasteiger partial charge in [-0.2, -0.15) is 4.98 Å². The van der Waals surface area contributed by atoms with Gasteiger partial charge in [-0.1, -0.05) is 0 Å². The molecule has 6 heteroatoms. The van der Waals surface area contributed by atoms with E-state index in [1.54, 1.807) is 0 Å². The lowest BCUT2D eigenvalue weighted by Gasteiger charge is -2.11. The summed E-state index contributed by atoms with van der Waals surface area (Å²) in [6, 6.07) is 0. The highest BCUT2D eigenvalue weighted by Crippen LogP contribution is 2.28. The van der Waals surface area contributed by atoms with Crippen LogP contribution in [0, 0.1) is 0 Å². The van der Waals surface area contributed by atoms with Gasteiger partial charge in [-0.3, -0.25) is 0 Å². The Labute approximate surface area is 94.7 Å². The van der Waals surface area contributed by atoms with Gasteiger partial charge in [0.25, 0.3) is 5.88 Å². The first-order valence-electron chi connectivity index (χ1n) is 5.04. The number of aromatic nitrogens is 2. The monoisotopic (exact) mass is 227 g/mol. The third-order valence-electron chi connectivity index (χ3n) is 1.78. The Hall–Kier alpha value is -1.56. The number of nitrogens with zero attached hydrogens (tertiary/aromatic N) is 2. The van der Waals surface area contributed by atoms with Gasteiger partial charge in [-0.05, 0) is 13.8 Å². The van der Waals surface area contributed by atoms with Gasteiger partial charge in [-0.15, -0.1) is 0 Å². The molecule has 0 amide bonds. The highest BCUT2D eigenvalue weighted by Gasteiger charge is 2.10. The van der Waals surface area contributed by atoms with Gasteiger partial charge in [-0.25, -0.2) is 4.98 Å². The largest absolute Gasteiger partial charge is 0.489 e. The molecule has 16 heavy (non-hydrogen) atoms. The van der Waals surface area contributed by atoms with Gasteiger partial charge in [0.15, 0.2) is 5.82 Å². The van der Waals surface area contributed by atoms with Crippen molar-refractivity contribution in [1.29, 1.82) is 0 Å². The molecule has 1 rings (SSSR count). The summed E-state index contributed by atoms with van der Waals surface area (Å²) in [5.74, 6) is 0.951. The summed E-state index contributed by atoms with van der Waals surface area (Å²) in [4.78, 5) is 7.73. The molecule has 0 radical (unpaired) electrons. The Morgan fingerprint density at radius 1 is 1.31 bits per heavy atom. The Morgan fingerprint density at radius 3 is 2.69 bits per heavy atom. The van der Waals surface area contributed by atoms with Crippen LogP contribution in [0.4, 0.5) is 5.82 Å². The second kappa shape index (κ2) is 6.12.